The van der Waals surface area contributed by atoms with Gasteiger partial charge >= 0.3 is 5.97 Å². The van der Waals surface area contributed by atoms with E-state index in [4.69, 9.17) is 4.74 Å². The zero-order chi connectivity index (χ0) is 18.7. The summed E-state index contributed by atoms with van der Waals surface area (Å²) in [4.78, 5) is 12.1. The van der Waals surface area contributed by atoms with Gasteiger partial charge in [-0.1, -0.05) is 60.7 Å². The minimum absolute atomic E-state index is 0.563. The van der Waals surface area contributed by atoms with Crippen molar-refractivity contribution in [2.75, 3.05) is 7.11 Å². The van der Waals surface area contributed by atoms with Gasteiger partial charge in [0.15, 0.2) is 5.41 Å². The Balaban J connectivity index is 2.38. The first kappa shape index (κ1) is 17.5. The van der Waals surface area contributed by atoms with Crippen molar-refractivity contribution in [3.05, 3.63) is 77.9 Å². The molecule has 0 aliphatic rings. The number of hydrogen-bond acceptors (Lipinski definition) is 3. The number of ether oxygens (including phenoxy) is 1. The average Bonchev–Trinajstić information content (AvgIpc) is 2.68. The highest BCUT2D eigenvalue weighted by atomic mass is 16.5. The lowest BCUT2D eigenvalue weighted by Crippen LogP contribution is -2.34. The third-order valence-electron chi connectivity index (χ3n) is 4.84. The fourth-order valence-electron chi connectivity index (χ4n) is 3.43. The number of para-hydroxylation sites is 1. The lowest BCUT2D eigenvalue weighted by molar-refractivity contribution is -0.145. The van der Waals surface area contributed by atoms with Crippen LogP contribution in [0.15, 0.2) is 66.7 Å². The lowest BCUT2D eigenvalue weighted by atomic mass is 9.69. The van der Waals surface area contributed by atoms with Gasteiger partial charge in [0, 0.05) is 11.5 Å². The van der Waals surface area contributed by atoms with E-state index < -0.39 is 17.3 Å². The molecule has 26 heavy (non-hydrogen) atoms. The van der Waals surface area contributed by atoms with E-state index in [1.807, 2.05) is 66.7 Å². The summed E-state index contributed by atoms with van der Waals surface area (Å²) in [5.41, 5.74) is -0.185. The van der Waals surface area contributed by atoms with Gasteiger partial charge in [-0.15, -0.1) is 0 Å². The van der Waals surface area contributed by atoms with Crippen LogP contribution < -0.4 is 4.74 Å². The van der Waals surface area contributed by atoms with Gasteiger partial charge in [-0.05, 0) is 29.3 Å². The van der Waals surface area contributed by atoms with Crippen LogP contribution in [0, 0.1) is 16.7 Å². The van der Waals surface area contributed by atoms with E-state index in [2.05, 4.69) is 0 Å². The number of nitrogens with zero attached hydrogens (tertiary/aromatic N) is 1. The molecule has 0 aliphatic carbocycles. The predicted octanol–water partition coefficient (Wildman–Crippen LogP) is 4.59. The summed E-state index contributed by atoms with van der Waals surface area (Å²) in [6.45, 7) is 1.47. The van der Waals surface area contributed by atoms with Crippen molar-refractivity contribution in [2.24, 2.45) is 5.41 Å². The molecule has 0 bridgehead atoms. The molecule has 0 saturated carbocycles. The molecule has 3 rings (SSSR count). The molecule has 1 unspecified atom stereocenters. The minimum Gasteiger partial charge on any atom is -0.496 e. The van der Waals surface area contributed by atoms with Crippen molar-refractivity contribution in [3.63, 3.8) is 0 Å². The van der Waals surface area contributed by atoms with Gasteiger partial charge in [-0.3, -0.25) is 4.79 Å². The topological polar surface area (TPSA) is 70.3 Å². The summed E-state index contributed by atoms with van der Waals surface area (Å²) in [6.07, 6.45) is 0. The Bertz CT molecular complexity index is 1000. The largest absolute Gasteiger partial charge is 0.496 e. The molecule has 0 amide bonds. The average molecular weight is 345 g/mol. The number of fused-ring (bicyclic) bond motifs is 1. The molecule has 2 atom stereocenters. The quantitative estimate of drug-likeness (QED) is 0.734. The normalized spacial score (nSPS) is 14.2. The first-order chi connectivity index (χ1) is 12.5. The zero-order valence-electron chi connectivity index (χ0n) is 14.6. The fourth-order valence-corrected chi connectivity index (χ4v) is 3.43. The van der Waals surface area contributed by atoms with Gasteiger partial charge in [0.2, 0.25) is 0 Å². The second-order valence-corrected chi connectivity index (χ2v) is 6.36. The summed E-state index contributed by atoms with van der Waals surface area (Å²) in [7, 11) is 1.55. The number of carboxylic acids is 1. The van der Waals surface area contributed by atoms with Crippen molar-refractivity contribution in [3.8, 4) is 11.8 Å². The fraction of sp³-hybridized carbons (Fsp3) is 0.182. The number of benzene rings is 3. The van der Waals surface area contributed by atoms with E-state index in [1.54, 1.807) is 13.2 Å². The predicted molar refractivity (Wildman–Crippen MR) is 100 cm³/mol. The van der Waals surface area contributed by atoms with Crippen LogP contribution in [0.5, 0.6) is 5.75 Å². The van der Waals surface area contributed by atoms with Crippen LogP contribution in [0.1, 0.15) is 24.0 Å². The number of carboxylic acid groups (broad SMARTS) is 1. The van der Waals surface area contributed by atoms with Gasteiger partial charge in [-0.2, -0.15) is 5.26 Å². The third-order valence-corrected chi connectivity index (χ3v) is 4.84. The van der Waals surface area contributed by atoms with Gasteiger partial charge in [-0.25, -0.2) is 0 Å². The highest BCUT2D eigenvalue weighted by Crippen LogP contribution is 2.46. The van der Waals surface area contributed by atoms with Crippen LogP contribution >= 0.6 is 0 Å². The van der Waals surface area contributed by atoms with E-state index >= 15 is 0 Å². The first-order valence-corrected chi connectivity index (χ1v) is 8.28. The maximum absolute atomic E-state index is 12.1. The number of rotatable bonds is 5. The highest BCUT2D eigenvalue weighted by Gasteiger charge is 2.45. The molecule has 1 N–H and O–H groups in total. The first-order valence-electron chi connectivity index (χ1n) is 8.28. The van der Waals surface area contributed by atoms with E-state index in [0.717, 1.165) is 16.3 Å². The number of carbonyl (C=O) groups is 1. The minimum atomic E-state index is -1.65. The van der Waals surface area contributed by atoms with E-state index in [1.165, 1.54) is 6.92 Å². The molecule has 3 aromatic carbocycles. The molecular formula is C22H19NO3. The molecule has 0 radical (unpaired) electrons. The summed E-state index contributed by atoms with van der Waals surface area (Å²) >= 11 is 0. The summed E-state index contributed by atoms with van der Waals surface area (Å²) < 4.78 is 5.48. The summed E-state index contributed by atoms with van der Waals surface area (Å²) in [5, 5.41) is 21.6. The van der Waals surface area contributed by atoms with Gasteiger partial charge in [0.25, 0.3) is 0 Å². The van der Waals surface area contributed by atoms with Crippen molar-refractivity contribution >= 4 is 16.7 Å². The second kappa shape index (κ2) is 6.89. The van der Waals surface area contributed by atoms with Crippen molar-refractivity contribution in [1.82, 2.24) is 0 Å². The molecule has 0 spiro atoms. The number of methoxy groups -OCH3 is 1. The van der Waals surface area contributed by atoms with E-state index in [9.17, 15) is 15.2 Å². The van der Waals surface area contributed by atoms with Gasteiger partial charge in [0.1, 0.15) is 5.75 Å². The Morgan fingerprint density at radius 3 is 2.35 bits per heavy atom. The molecule has 4 nitrogen and oxygen atoms in total. The van der Waals surface area contributed by atoms with E-state index in [-0.39, 0.29) is 0 Å². The van der Waals surface area contributed by atoms with Crippen LogP contribution in [-0.4, -0.2) is 18.2 Å². The number of nitriles is 1. The maximum atomic E-state index is 12.1. The Hall–Kier alpha value is -3.32. The Labute approximate surface area is 152 Å². The Morgan fingerprint density at radius 1 is 1.04 bits per heavy atom. The van der Waals surface area contributed by atoms with Crippen LogP contribution in [-0.2, 0) is 4.79 Å². The molecule has 4 heteroatoms. The van der Waals surface area contributed by atoms with Gasteiger partial charge < -0.3 is 9.84 Å². The molecule has 0 fully saturated rings. The SMILES string of the molecule is COc1ccccc1[C@@H](c1cccc2ccccc12)C(C)(C#N)C(=O)O. The zero-order valence-corrected chi connectivity index (χ0v) is 14.6. The van der Waals surface area contributed by atoms with Crippen LogP contribution in [0.3, 0.4) is 0 Å². The van der Waals surface area contributed by atoms with Gasteiger partial charge in [0.05, 0.1) is 13.2 Å². The third kappa shape index (κ3) is 2.78. The van der Waals surface area contributed by atoms with Crippen molar-refractivity contribution in [1.29, 1.82) is 5.26 Å². The second-order valence-electron chi connectivity index (χ2n) is 6.36. The van der Waals surface area contributed by atoms with Crippen molar-refractivity contribution in [2.45, 2.75) is 12.8 Å². The molecule has 0 aliphatic heterocycles. The van der Waals surface area contributed by atoms with Crippen LogP contribution in [0.25, 0.3) is 10.8 Å². The number of aliphatic carboxylic acids is 1. The highest BCUT2D eigenvalue weighted by molar-refractivity contribution is 5.89. The van der Waals surface area contributed by atoms with Crippen LogP contribution in [0.4, 0.5) is 0 Å². The van der Waals surface area contributed by atoms with Crippen molar-refractivity contribution < 1.29 is 14.6 Å². The Kier molecular flexibility index (Phi) is 4.64. The molecule has 0 heterocycles. The van der Waals surface area contributed by atoms with E-state index in [0.29, 0.717) is 11.3 Å². The van der Waals surface area contributed by atoms with Crippen LogP contribution in [0.2, 0.25) is 0 Å². The lowest BCUT2D eigenvalue weighted by Gasteiger charge is -2.30. The smallest absolute Gasteiger partial charge is 0.324 e. The monoisotopic (exact) mass is 345 g/mol. The molecule has 3 aromatic rings. The summed E-state index contributed by atoms with van der Waals surface area (Å²) in [6, 6.07) is 22.8. The molecule has 130 valence electrons. The standard InChI is InChI=1S/C22H19NO3/c1-22(14-23,21(24)25)20(18-11-5-6-13-19(18)26-2)17-12-7-9-15-8-3-4-10-16(15)17/h3-13,20H,1-2H3,(H,24,25)/t20-,22?/m1/s1. The molecule has 0 aromatic heterocycles. The number of hydrogen-bond donors (Lipinski definition) is 1. The Morgan fingerprint density at radius 2 is 1.65 bits per heavy atom. The molecular weight excluding hydrogens is 326 g/mol. The molecule has 0 saturated heterocycles. The summed E-state index contributed by atoms with van der Waals surface area (Å²) in [5.74, 6) is -1.29. The maximum Gasteiger partial charge on any atom is 0.324 e.